The molecule has 0 aromatic carbocycles. The summed E-state index contributed by atoms with van der Waals surface area (Å²) in [5.74, 6) is -0.0854. The number of aliphatic hydroxyl groups is 1. The molecule has 4 heteroatoms. The van der Waals surface area contributed by atoms with Crippen molar-refractivity contribution in [3.05, 3.63) is 0 Å². The van der Waals surface area contributed by atoms with E-state index in [1.165, 1.54) is 0 Å². The Labute approximate surface area is 67.0 Å². The molecule has 0 bridgehead atoms. The van der Waals surface area contributed by atoms with Crippen LogP contribution in [-0.4, -0.2) is 37.9 Å². The molecule has 1 N–H and O–H groups in total. The van der Waals surface area contributed by atoms with Gasteiger partial charge in [-0.25, -0.2) is 4.39 Å². The molecule has 0 spiro atoms. The summed E-state index contributed by atoms with van der Waals surface area (Å²) in [4.78, 5) is 0. The van der Waals surface area contributed by atoms with Crippen LogP contribution in [-0.2, 0) is 4.74 Å². The van der Waals surface area contributed by atoms with Crippen molar-refractivity contribution in [2.45, 2.75) is 31.3 Å². The molecule has 1 fully saturated rings. The molecule has 3 atom stereocenters. The van der Waals surface area contributed by atoms with Crippen LogP contribution in [0.1, 0.15) is 6.42 Å². The van der Waals surface area contributed by atoms with Gasteiger partial charge in [0.15, 0.2) is 0 Å². The zero-order chi connectivity index (χ0) is 8.27. The molecule has 2 unspecified atom stereocenters. The third kappa shape index (κ3) is 2.17. The molecule has 0 amide bonds. The van der Waals surface area contributed by atoms with Gasteiger partial charge in [-0.1, -0.05) is 6.82 Å². The summed E-state index contributed by atoms with van der Waals surface area (Å²) in [7, 11) is 1.82. The Kier molecular flexibility index (Phi) is 3.33. The molecule has 1 rings (SSSR count). The Bertz CT molecular complexity index is 123. The molecule has 11 heavy (non-hydrogen) atoms. The molecule has 0 aromatic heterocycles. The molecule has 2 nitrogen and oxygen atoms in total. The van der Waals surface area contributed by atoms with Gasteiger partial charge in [0.2, 0.25) is 0 Å². The van der Waals surface area contributed by atoms with Gasteiger partial charge in [-0.2, -0.15) is 0 Å². The van der Waals surface area contributed by atoms with Gasteiger partial charge in [0.1, 0.15) is 13.5 Å². The van der Waals surface area contributed by atoms with Crippen LogP contribution >= 0.6 is 0 Å². The molecule has 0 saturated carbocycles. The molecular formula is C7H13BFO2. The molecule has 1 aliphatic rings. The minimum atomic E-state index is -0.842. The summed E-state index contributed by atoms with van der Waals surface area (Å²) in [6, 6.07) is 0. The maximum absolute atomic E-state index is 13.1. The van der Waals surface area contributed by atoms with Crippen LogP contribution in [0, 0.1) is 0 Å². The van der Waals surface area contributed by atoms with Gasteiger partial charge in [0.05, 0.1) is 12.7 Å². The van der Waals surface area contributed by atoms with Gasteiger partial charge in [-0.05, 0) is 5.82 Å². The minimum absolute atomic E-state index is 0.0726. The zero-order valence-corrected chi connectivity index (χ0v) is 6.66. The summed E-state index contributed by atoms with van der Waals surface area (Å²) >= 11 is 0. The molecule has 0 aliphatic carbocycles. The predicted octanol–water partition coefficient (Wildman–Crippen LogP) is 0.647. The van der Waals surface area contributed by atoms with Crippen LogP contribution in [0.25, 0.3) is 0 Å². The van der Waals surface area contributed by atoms with Crippen molar-refractivity contribution in [3.8, 4) is 0 Å². The van der Waals surface area contributed by atoms with Crippen molar-refractivity contribution >= 4 is 7.28 Å². The van der Waals surface area contributed by atoms with Crippen LogP contribution in [0.5, 0.6) is 0 Å². The fourth-order valence-corrected chi connectivity index (χ4v) is 1.28. The number of rotatable bonds is 2. The summed E-state index contributed by atoms with van der Waals surface area (Å²) in [6.45, 7) is 2.17. The van der Waals surface area contributed by atoms with Gasteiger partial charge in [0, 0.05) is 13.0 Å². The lowest BCUT2D eigenvalue weighted by atomic mass is 9.63. The Hall–Kier alpha value is -0.0851. The molecule has 0 aromatic rings. The van der Waals surface area contributed by atoms with Gasteiger partial charge in [-0.3, -0.25) is 0 Å². The summed E-state index contributed by atoms with van der Waals surface area (Å²) in [6.07, 6.45) is -0.807. The van der Waals surface area contributed by atoms with E-state index >= 15 is 0 Å². The lowest BCUT2D eigenvalue weighted by molar-refractivity contribution is -0.0438. The summed E-state index contributed by atoms with van der Waals surface area (Å²) in [5, 5.41) is 8.67. The van der Waals surface area contributed by atoms with Crippen LogP contribution in [0.15, 0.2) is 0 Å². The Balaban J connectivity index is 2.34. The van der Waals surface area contributed by atoms with Gasteiger partial charge in [-0.15, -0.1) is 0 Å². The largest absolute Gasteiger partial charge is 0.394 e. The maximum Gasteiger partial charge on any atom is 0.116 e. The van der Waals surface area contributed by atoms with Gasteiger partial charge < -0.3 is 9.84 Å². The van der Waals surface area contributed by atoms with Crippen molar-refractivity contribution in [1.82, 2.24) is 0 Å². The predicted molar refractivity (Wildman–Crippen MR) is 41.7 cm³/mol. The van der Waals surface area contributed by atoms with E-state index in [0.29, 0.717) is 13.0 Å². The van der Waals surface area contributed by atoms with Crippen molar-refractivity contribution in [1.29, 1.82) is 0 Å². The molecule has 1 radical (unpaired) electrons. The van der Waals surface area contributed by atoms with E-state index < -0.39 is 6.17 Å². The van der Waals surface area contributed by atoms with Crippen molar-refractivity contribution in [3.63, 3.8) is 0 Å². The highest BCUT2D eigenvalue weighted by Gasteiger charge is 2.29. The second-order valence-electron chi connectivity index (χ2n) is 2.89. The van der Waals surface area contributed by atoms with E-state index in [1.807, 2.05) is 14.1 Å². The van der Waals surface area contributed by atoms with Gasteiger partial charge in [0.25, 0.3) is 0 Å². The Morgan fingerprint density at radius 3 is 2.91 bits per heavy atom. The molecule has 1 saturated heterocycles. The minimum Gasteiger partial charge on any atom is -0.394 e. The van der Waals surface area contributed by atoms with E-state index in [2.05, 4.69) is 0 Å². The highest BCUT2D eigenvalue weighted by molar-refractivity contribution is 6.36. The first-order chi connectivity index (χ1) is 5.27. The molecule has 1 heterocycles. The third-order valence-corrected chi connectivity index (χ3v) is 2.11. The first-order valence-electron chi connectivity index (χ1n) is 3.94. The molecule has 63 valence electrons. The number of alkyl halides is 1. The zero-order valence-electron chi connectivity index (χ0n) is 6.66. The second-order valence-corrected chi connectivity index (χ2v) is 2.89. The van der Waals surface area contributed by atoms with Crippen LogP contribution in [0.3, 0.4) is 0 Å². The lowest BCUT2D eigenvalue weighted by Crippen LogP contribution is -2.35. The monoisotopic (exact) mass is 159 g/mol. The fourth-order valence-electron chi connectivity index (χ4n) is 1.28. The van der Waals surface area contributed by atoms with E-state index in [0.717, 1.165) is 0 Å². The Morgan fingerprint density at radius 2 is 2.45 bits per heavy atom. The Morgan fingerprint density at radius 1 is 1.73 bits per heavy atom. The maximum atomic E-state index is 13.1. The highest BCUT2D eigenvalue weighted by Crippen LogP contribution is 2.25. The highest BCUT2D eigenvalue weighted by atomic mass is 19.1. The average molecular weight is 159 g/mol. The quantitative estimate of drug-likeness (QED) is 0.599. The van der Waals surface area contributed by atoms with E-state index in [1.54, 1.807) is 0 Å². The normalized spacial score (nSPS) is 38.6. The first-order valence-corrected chi connectivity index (χ1v) is 3.94. The van der Waals surface area contributed by atoms with E-state index in [4.69, 9.17) is 9.84 Å². The number of halogens is 1. The number of hydrogen-bond acceptors (Lipinski definition) is 2. The molecular weight excluding hydrogens is 146 g/mol. The number of ether oxygens (including phenoxy) is 1. The lowest BCUT2D eigenvalue weighted by Gasteiger charge is -2.30. The topological polar surface area (TPSA) is 29.5 Å². The van der Waals surface area contributed by atoms with Crippen LogP contribution in [0.2, 0.25) is 12.6 Å². The summed E-state index contributed by atoms with van der Waals surface area (Å²) < 4.78 is 18.2. The molecule has 1 aliphatic heterocycles. The van der Waals surface area contributed by atoms with E-state index in [-0.39, 0.29) is 18.5 Å². The smallest absolute Gasteiger partial charge is 0.116 e. The van der Waals surface area contributed by atoms with Crippen molar-refractivity contribution in [2.75, 3.05) is 13.2 Å². The van der Waals surface area contributed by atoms with Gasteiger partial charge >= 0.3 is 0 Å². The summed E-state index contributed by atoms with van der Waals surface area (Å²) in [5.41, 5.74) is 0. The number of hydrogen-bond donors (Lipinski definition) is 1. The van der Waals surface area contributed by atoms with Crippen LogP contribution in [0.4, 0.5) is 4.39 Å². The van der Waals surface area contributed by atoms with Crippen molar-refractivity contribution < 1.29 is 14.2 Å². The number of aliphatic hydroxyl groups excluding tert-OH is 1. The third-order valence-electron chi connectivity index (χ3n) is 2.11. The SMILES string of the molecule is C[B]C1COC(CO)C[C@H]1F. The second kappa shape index (κ2) is 4.07. The first kappa shape index (κ1) is 9.01. The fraction of sp³-hybridized carbons (Fsp3) is 1.00. The average Bonchev–Trinajstić information content (AvgIpc) is 2.04. The van der Waals surface area contributed by atoms with E-state index in [9.17, 15) is 4.39 Å². The standard InChI is InChI=1S/C7H13BFO2/c1-8-6-4-11-5(3-10)2-7(6)9/h5-7,10H,2-4H2,1H3/t5?,6?,7-/m1/s1. The van der Waals surface area contributed by atoms with Crippen LogP contribution < -0.4 is 0 Å². The van der Waals surface area contributed by atoms with Crippen molar-refractivity contribution in [2.24, 2.45) is 0 Å².